The molecule has 1 aliphatic rings. The molecule has 0 radical (unpaired) electrons. The first-order chi connectivity index (χ1) is 13.9. The number of carbonyl (C=O) groups is 3. The molecule has 1 unspecified atom stereocenters. The molecular weight excluding hydrogens is 374 g/mol. The van der Waals surface area contributed by atoms with Gasteiger partial charge in [0.25, 0.3) is 5.91 Å². The van der Waals surface area contributed by atoms with Crippen molar-refractivity contribution in [3.8, 4) is 0 Å². The Morgan fingerprint density at radius 2 is 1.90 bits per heavy atom. The van der Waals surface area contributed by atoms with Gasteiger partial charge in [-0.3, -0.25) is 14.5 Å². The molecule has 0 bridgehead atoms. The molecule has 7 nitrogen and oxygen atoms in total. The van der Waals surface area contributed by atoms with Crippen LogP contribution in [0.3, 0.4) is 0 Å². The summed E-state index contributed by atoms with van der Waals surface area (Å²) in [7, 11) is 0. The summed E-state index contributed by atoms with van der Waals surface area (Å²) in [6.07, 6.45) is 3.15. The van der Waals surface area contributed by atoms with E-state index in [9.17, 15) is 19.5 Å². The summed E-state index contributed by atoms with van der Waals surface area (Å²) in [5.41, 5.74) is -0.528. The van der Waals surface area contributed by atoms with Crippen molar-refractivity contribution >= 4 is 23.4 Å². The molecular formula is C22H29NO6. The van der Waals surface area contributed by atoms with E-state index in [1.807, 2.05) is 13.0 Å². The van der Waals surface area contributed by atoms with Gasteiger partial charge in [0.2, 0.25) is 0 Å². The highest BCUT2D eigenvalue weighted by molar-refractivity contribution is 6.21. The maximum absolute atomic E-state index is 13.5. The number of nitrogens with zero attached hydrogens (tertiary/aromatic N) is 1. The largest absolute Gasteiger partial charge is 0.479 e. The maximum Gasteiger partial charge on any atom is 0.329 e. The van der Waals surface area contributed by atoms with Crippen LogP contribution in [0.4, 0.5) is 0 Å². The van der Waals surface area contributed by atoms with Gasteiger partial charge in [0.15, 0.2) is 6.73 Å². The monoisotopic (exact) mass is 403 g/mol. The fourth-order valence-corrected chi connectivity index (χ4v) is 3.56. The van der Waals surface area contributed by atoms with E-state index in [4.69, 9.17) is 9.47 Å². The van der Waals surface area contributed by atoms with Gasteiger partial charge in [0.05, 0.1) is 5.57 Å². The molecule has 1 aliphatic heterocycles. The Hall–Kier alpha value is -2.83. The van der Waals surface area contributed by atoms with Gasteiger partial charge in [-0.1, -0.05) is 63.4 Å². The van der Waals surface area contributed by atoms with E-state index in [-0.39, 0.29) is 31.1 Å². The first kappa shape index (κ1) is 22.5. The van der Waals surface area contributed by atoms with Crippen molar-refractivity contribution in [3.63, 3.8) is 0 Å². The molecule has 1 aromatic rings. The van der Waals surface area contributed by atoms with Crippen molar-refractivity contribution in [1.29, 1.82) is 0 Å². The van der Waals surface area contributed by atoms with Crippen LogP contribution in [0.2, 0.25) is 0 Å². The van der Waals surface area contributed by atoms with Crippen molar-refractivity contribution < 1.29 is 29.0 Å². The Kier molecular flexibility index (Phi) is 7.82. The minimum absolute atomic E-state index is 0.179. The van der Waals surface area contributed by atoms with Gasteiger partial charge in [0, 0.05) is 6.92 Å². The lowest BCUT2D eigenvalue weighted by molar-refractivity contribution is -0.165. The molecule has 1 atom stereocenters. The summed E-state index contributed by atoms with van der Waals surface area (Å²) in [5, 5.41) is 10.1. The smallest absolute Gasteiger partial charge is 0.329 e. The normalized spacial score (nSPS) is 16.2. The van der Waals surface area contributed by atoms with Gasteiger partial charge in [0.1, 0.15) is 17.9 Å². The zero-order chi connectivity index (χ0) is 21.4. The minimum Gasteiger partial charge on any atom is -0.479 e. The van der Waals surface area contributed by atoms with Crippen LogP contribution < -0.4 is 0 Å². The van der Waals surface area contributed by atoms with E-state index < -0.39 is 23.4 Å². The van der Waals surface area contributed by atoms with Gasteiger partial charge in [-0.25, -0.2) is 4.79 Å². The van der Waals surface area contributed by atoms with Gasteiger partial charge >= 0.3 is 11.9 Å². The number of hydrogen-bond donors (Lipinski definition) is 1. The second-order valence-electron chi connectivity index (χ2n) is 7.10. The van der Waals surface area contributed by atoms with Crippen LogP contribution in [0.15, 0.2) is 36.1 Å². The first-order valence-electron chi connectivity index (χ1n) is 9.97. The minimum atomic E-state index is -1.35. The van der Waals surface area contributed by atoms with Crippen LogP contribution in [0.1, 0.15) is 58.4 Å². The standard InChI is InChI=1S/C22H29NO6/c1-4-6-10-13-22(5-2,21(26)27)23-15-29-18(14-28-16(3)24)19(20(23)25)17-11-8-7-9-12-17/h7-9,11-12H,4-6,10,13-15H2,1-3H3,(H,26,27). The summed E-state index contributed by atoms with van der Waals surface area (Å²) in [5.74, 6) is -1.72. The molecule has 0 fully saturated rings. The summed E-state index contributed by atoms with van der Waals surface area (Å²) >= 11 is 0. The van der Waals surface area contributed by atoms with E-state index >= 15 is 0 Å². The Bertz CT molecular complexity index is 773. The molecule has 7 heteroatoms. The zero-order valence-electron chi connectivity index (χ0n) is 17.3. The third kappa shape index (κ3) is 4.96. The van der Waals surface area contributed by atoms with Crippen molar-refractivity contribution in [2.24, 2.45) is 0 Å². The van der Waals surface area contributed by atoms with Crippen LogP contribution >= 0.6 is 0 Å². The van der Waals surface area contributed by atoms with E-state index in [2.05, 4.69) is 0 Å². The van der Waals surface area contributed by atoms with E-state index in [0.29, 0.717) is 18.4 Å². The van der Waals surface area contributed by atoms with Gasteiger partial charge in [-0.15, -0.1) is 0 Å². The highest BCUT2D eigenvalue weighted by Gasteiger charge is 2.48. The Morgan fingerprint density at radius 1 is 1.21 bits per heavy atom. The lowest BCUT2D eigenvalue weighted by atomic mass is 9.86. The van der Waals surface area contributed by atoms with Crippen LogP contribution in [-0.4, -0.2) is 46.7 Å². The fraction of sp³-hybridized carbons (Fsp3) is 0.500. The molecule has 1 N–H and O–H groups in total. The number of benzene rings is 1. The number of carboxylic acid groups (broad SMARTS) is 1. The van der Waals surface area contributed by atoms with Crippen molar-refractivity contribution in [3.05, 3.63) is 41.7 Å². The number of hydrogen-bond acceptors (Lipinski definition) is 5. The number of amides is 1. The highest BCUT2D eigenvalue weighted by Crippen LogP contribution is 2.35. The Morgan fingerprint density at radius 3 is 2.45 bits per heavy atom. The molecule has 0 aliphatic carbocycles. The van der Waals surface area contributed by atoms with Crippen LogP contribution in [-0.2, 0) is 23.9 Å². The average molecular weight is 403 g/mol. The predicted molar refractivity (Wildman–Crippen MR) is 108 cm³/mol. The van der Waals surface area contributed by atoms with E-state index in [1.165, 1.54) is 11.8 Å². The number of carbonyl (C=O) groups excluding carboxylic acids is 2. The maximum atomic E-state index is 13.5. The Balaban J connectivity index is 2.47. The second-order valence-corrected chi connectivity index (χ2v) is 7.10. The topological polar surface area (TPSA) is 93.1 Å². The van der Waals surface area contributed by atoms with E-state index in [0.717, 1.165) is 12.8 Å². The van der Waals surface area contributed by atoms with Crippen LogP contribution in [0.25, 0.3) is 5.57 Å². The van der Waals surface area contributed by atoms with Crippen molar-refractivity contribution in [2.75, 3.05) is 13.3 Å². The van der Waals surface area contributed by atoms with E-state index in [1.54, 1.807) is 31.2 Å². The molecule has 0 saturated heterocycles. The zero-order valence-corrected chi connectivity index (χ0v) is 17.3. The number of carboxylic acids is 1. The number of unbranched alkanes of at least 4 members (excludes halogenated alkanes) is 2. The molecule has 29 heavy (non-hydrogen) atoms. The van der Waals surface area contributed by atoms with Gasteiger partial charge in [-0.2, -0.15) is 0 Å². The summed E-state index contributed by atoms with van der Waals surface area (Å²) < 4.78 is 10.8. The molecule has 1 amide bonds. The van der Waals surface area contributed by atoms with Crippen LogP contribution in [0.5, 0.6) is 0 Å². The third-order valence-corrected chi connectivity index (χ3v) is 5.27. The van der Waals surface area contributed by atoms with Gasteiger partial charge in [-0.05, 0) is 18.4 Å². The Labute approximate surface area is 171 Å². The molecule has 0 saturated carbocycles. The lowest BCUT2D eigenvalue weighted by Crippen LogP contribution is -2.59. The lowest BCUT2D eigenvalue weighted by Gasteiger charge is -2.43. The predicted octanol–water partition coefficient (Wildman–Crippen LogP) is 3.59. The fourth-order valence-electron chi connectivity index (χ4n) is 3.56. The summed E-state index contributed by atoms with van der Waals surface area (Å²) in [6.45, 7) is 4.72. The van der Waals surface area contributed by atoms with Gasteiger partial charge < -0.3 is 14.6 Å². The molecule has 1 heterocycles. The van der Waals surface area contributed by atoms with Crippen LogP contribution in [0, 0.1) is 0 Å². The number of ether oxygens (including phenoxy) is 2. The molecule has 0 spiro atoms. The molecule has 158 valence electrons. The molecule has 1 aromatic carbocycles. The molecule has 2 rings (SSSR count). The summed E-state index contributed by atoms with van der Waals surface area (Å²) in [4.78, 5) is 38.4. The second kappa shape index (κ2) is 10.1. The SMILES string of the molecule is CCCCCC(CC)(C(=O)O)N1COC(COC(C)=O)=C(c2ccccc2)C1=O. The summed E-state index contributed by atoms with van der Waals surface area (Å²) in [6, 6.07) is 8.88. The quantitative estimate of drug-likeness (QED) is 0.474. The molecule has 0 aromatic heterocycles. The highest BCUT2D eigenvalue weighted by atomic mass is 16.6. The number of rotatable bonds is 10. The number of esters is 1. The number of aliphatic carboxylic acids is 1. The van der Waals surface area contributed by atoms with Crippen molar-refractivity contribution in [1.82, 2.24) is 4.90 Å². The third-order valence-electron chi connectivity index (χ3n) is 5.27. The first-order valence-corrected chi connectivity index (χ1v) is 9.97. The van der Waals surface area contributed by atoms with Crippen molar-refractivity contribution in [2.45, 2.75) is 58.4 Å². The average Bonchev–Trinajstić information content (AvgIpc) is 2.70.